The summed E-state index contributed by atoms with van der Waals surface area (Å²) in [5.74, 6) is 0.310. The van der Waals surface area contributed by atoms with Crippen LogP contribution in [-0.2, 0) is 0 Å². The van der Waals surface area contributed by atoms with Crippen LogP contribution in [0.1, 0.15) is 47.9 Å². The van der Waals surface area contributed by atoms with Gasteiger partial charge in [0.1, 0.15) is 11.5 Å². The first-order chi connectivity index (χ1) is 12.5. The van der Waals surface area contributed by atoms with Gasteiger partial charge < -0.3 is 9.47 Å². The smallest absolute Gasteiger partial charge is 0.273 e. The van der Waals surface area contributed by atoms with Crippen molar-refractivity contribution in [3.05, 3.63) is 59.7 Å². The molecule has 6 heteroatoms. The Balaban J connectivity index is 1.95. The summed E-state index contributed by atoms with van der Waals surface area (Å²) in [5, 5.41) is 0. The van der Waals surface area contributed by atoms with Crippen LogP contribution in [0.5, 0.6) is 11.5 Å². The minimum absolute atomic E-state index is 0.0592. The molecule has 2 rings (SSSR count). The Labute approximate surface area is 153 Å². The zero-order chi connectivity index (χ0) is 18.9. The van der Waals surface area contributed by atoms with Crippen LogP contribution in [0.3, 0.4) is 0 Å². The quantitative estimate of drug-likeness (QED) is 0.746. The maximum Gasteiger partial charge on any atom is 0.273 e. The van der Waals surface area contributed by atoms with Crippen LogP contribution < -0.4 is 20.3 Å². The Morgan fingerprint density at radius 2 is 1.62 bits per heavy atom. The van der Waals surface area contributed by atoms with Crippen molar-refractivity contribution >= 4 is 11.8 Å². The maximum atomic E-state index is 12.3. The van der Waals surface area contributed by atoms with Crippen LogP contribution in [0.4, 0.5) is 0 Å². The zero-order valence-electron chi connectivity index (χ0n) is 15.2. The highest BCUT2D eigenvalue weighted by Gasteiger charge is 2.13. The molecule has 26 heavy (non-hydrogen) atoms. The van der Waals surface area contributed by atoms with Gasteiger partial charge in [0.25, 0.3) is 11.8 Å². The molecule has 0 fully saturated rings. The molecule has 0 spiro atoms. The summed E-state index contributed by atoms with van der Waals surface area (Å²) in [6.07, 6.45) is 0.896. The number of hydrazine groups is 1. The fourth-order valence-electron chi connectivity index (χ4n) is 2.20. The molecule has 0 bridgehead atoms. The minimum atomic E-state index is -0.440. The molecule has 2 amide bonds. The van der Waals surface area contributed by atoms with E-state index in [0.29, 0.717) is 29.2 Å². The fourth-order valence-corrected chi connectivity index (χ4v) is 2.20. The second kappa shape index (κ2) is 9.46. The lowest BCUT2D eigenvalue weighted by Gasteiger charge is -2.12. The molecule has 0 aromatic heterocycles. The summed E-state index contributed by atoms with van der Waals surface area (Å²) in [6, 6.07) is 13.6. The standard InChI is InChI=1S/C20H24N2O4/c1-4-13-25-18-8-6-5-7-17(18)20(24)22-21-19(23)15-9-11-16(12-10-15)26-14(2)3/h5-12,14H,4,13H2,1-3H3,(H,21,23)(H,22,24). The normalized spacial score (nSPS) is 10.3. The summed E-state index contributed by atoms with van der Waals surface area (Å²) in [4.78, 5) is 24.5. The van der Waals surface area contributed by atoms with Crippen molar-refractivity contribution in [1.29, 1.82) is 0 Å². The van der Waals surface area contributed by atoms with E-state index in [2.05, 4.69) is 10.9 Å². The van der Waals surface area contributed by atoms with Crippen LogP contribution in [0.25, 0.3) is 0 Å². The Morgan fingerprint density at radius 1 is 0.962 bits per heavy atom. The second-order valence-electron chi connectivity index (χ2n) is 5.94. The molecule has 6 nitrogen and oxygen atoms in total. The minimum Gasteiger partial charge on any atom is -0.493 e. The van der Waals surface area contributed by atoms with Crippen LogP contribution in [-0.4, -0.2) is 24.5 Å². The van der Waals surface area contributed by atoms with E-state index >= 15 is 0 Å². The molecule has 0 radical (unpaired) electrons. The van der Waals surface area contributed by atoms with Crippen molar-refractivity contribution < 1.29 is 19.1 Å². The molecule has 2 N–H and O–H groups in total. The van der Waals surface area contributed by atoms with Gasteiger partial charge in [0.05, 0.1) is 18.3 Å². The molecule has 0 unspecified atom stereocenters. The number of rotatable bonds is 7. The molecule has 0 atom stereocenters. The number of hydrogen-bond acceptors (Lipinski definition) is 4. The number of benzene rings is 2. The van der Waals surface area contributed by atoms with E-state index in [1.54, 1.807) is 48.5 Å². The number of carbonyl (C=O) groups excluding carboxylic acids is 2. The predicted octanol–water partition coefficient (Wildman–Crippen LogP) is 3.34. The van der Waals surface area contributed by atoms with Crippen molar-refractivity contribution in [3.8, 4) is 11.5 Å². The molecule has 2 aromatic rings. The van der Waals surface area contributed by atoms with Crippen molar-refractivity contribution in [1.82, 2.24) is 10.9 Å². The van der Waals surface area contributed by atoms with Crippen molar-refractivity contribution in [2.24, 2.45) is 0 Å². The first-order valence-electron chi connectivity index (χ1n) is 8.60. The highest BCUT2D eigenvalue weighted by atomic mass is 16.5. The zero-order valence-corrected chi connectivity index (χ0v) is 15.2. The highest BCUT2D eigenvalue weighted by Crippen LogP contribution is 2.18. The average Bonchev–Trinajstić information content (AvgIpc) is 2.64. The predicted molar refractivity (Wildman–Crippen MR) is 99.4 cm³/mol. The second-order valence-corrected chi connectivity index (χ2v) is 5.94. The molecular formula is C20H24N2O4. The summed E-state index contributed by atoms with van der Waals surface area (Å²) in [5.41, 5.74) is 5.59. The molecular weight excluding hydrogens is 332 g/mol. The lowest BCUT2D eigenvalue weighted by Crippen LogP contribution is -2.41. The van der Waals surface area contributed by atoms with Crippen LogP contribution >= 0.6 is 0 Å². The summed E-state index contributed by atoms with van der Waals surface area (Å²) < 4.78 is 11.1. The van der Waals surface area contributed by atoms with Crippen molar-refractivity contribution in [2.75, 3.05) is 6.61 Å². The molecule has 0 heterocycles. The van der Waals surface area contributed by atoms with E-state index in [-0.39, 0.29) is 6.10 Å². The van der Waals surface area contributed by atoms with Crippen molar-refractivity contribution in [3.63, 3.8) is 0 Å². The van der Waals surface area contributed by atoms with Gasteiger partial charge in [-0.15, -0.1) is 0 Å². The molecule has 0 aliphatic heterocycles. The van der Waals surface area contributed by atoms with Crippen LogP contribution in [0, 0.1) is 0 Å². The third-order valence-electron chi connectivity index (χ3n) is 3.37. The third-order valence-corrected chi connectivity index (χ3v) is 3.37. The molecule has 0 aliphatic carbocycles. The summed E-state index contributed by atoms with van der Waals surface area (Å²) >= 11 is 0. The average molecular weight is 356 g/mol. The first kappa shape index (κ1) is 19.3. The number of nitrogens with one attached hydrogen (secondary N) is 2. The van der Waals surface area contributed by atoms with E-state index in [4.69, 9.17) is 9.47 Å². The van der Waals surface area contributed by atoms with E-state index in [0.717, 1.165) is 6.42 Å². The number of amides is 2. The van der Waals surface area contributed by atoms with Gasteiger partial charge in [-0.3, -0.25) is 20.4 Å². The topological polar surface area (TPSA) is 76.7 Å². The Bertz CT molecular complexity index is 742. The maximum absolute atomic E-state index is 12.3. The number of carbonyl (C=O) groups is 2. The Kier molecular flexibility index (Phi) is 7.02. The molecule has 138 valence electrons. The van der Waals surface area contributed by atoms with Gasteiger partial charge in [0.2, 0.25) is 0 Å². The SMILES string of the molecule is CCCOc1ccccc1C(=O)NNC(=O)c1ccc(OC(C)C)cc1. The molecule has 0 saturated carbocycles. The van der Waals surface area contributed by atoms with Gasteiger partial charge in [0, 0.05) is 5.56 Å². The molecule has 0 aliphatic rings. The van der Waals surface area contributed by atoms with Crippen LogP contribution in [0.15, 0.2) is 48.5 Å². The Morgan fingerprint density at radius 3 is 2.27 bits per heavy atom. The van der Waals surface area contributed by atoms with E-state index < -0.39 is 11.8 Å². The summed E-state index contributed by atoms with van der Waals surface area (Å²) in [7, 11) is 0. The third kappa shape index (κ3) is 5.51. The highest BCUT2D eigenvalue weighted by molar-refractivity contribution is 6.00. The van der Waals surface area contributed by atoms with Gasteiger partial charge in [-0.05, 0) is 56.7 Å². The van der Waals surface area contributed by atoms with Crippen LogP contribution in [0.2, 0.25) is 0 Å². The lowest BCUT2D eigenvalue weighted by atomic mass is 10.2. The van der Waals surface area contributed by atoms with E-state index in [1.165, 1.54) is 0 Å². The molecule has 0 saturated heterocycles. The van der Waals surface area contributed by atoms with Gasteiger partial charge >= 0.3 is 0 Å². The molecule has 2 aromatic carbocycles. The largest absolute Gasteiger partial charge is 0.493 e. The monoisotopic (exact) mass is 356 g/mol. The first-order valence-corrected chi connectivity index (χ1v) is 8.60. The lowest BCUT2D eigenvalue weighted by molar-refractivity contribution is 0.0844. The number of hydrogen-bond donors (Lipinski definition) is 2. The van der Waals surface area contributed by atoms with Gasteiger partial charge in [-0.1, -0.05) is 19.1 Å². The van der Waals surface area contributed by atoms with E-state index in [9.17, 15) is 9.59 Å². The summed E-state index contributed by atoms with van der Waals surface area (Å²) in [6.45, 7) is 6.36. The number of para-hydroxylation sites is 1. The van der Waals surface area contributed by atoms with Gasteiger partial charge in [-0.25, -0.2) is 0 Å². The number of ether oxygens (including phenoxy) is 2. The van der Waals surface area contributed by atoms with E-state index in [1.807, 2.05) is 20.8 Å². The van der Waals surface area contributed by atoms with Crippen molar-refractivity contribution in [2.45, 2.75) is 33.3 Å². The Hall–Kier alpha value is -3.02. The fraction of sp³-hybridized carbons (Fsp3) is 0.300. The van der Waals surface area contributed by atoms with Gasteiger partial charge in [-0.2, -0.15) is 0 Å². The van der Waals surface area contributed by atoms with Gasteiger partial charge in [0.15, 0.2) is 0 Å².